The summed E-state index contributed by atoms with van der Waals surface area (Å²) >= 11 is 1.14. The fraction of sp³-hybridized carbons (Fsp3) is 0.333. The Labute approximate surface area is 196 Å². The van der Waals surface area contributed by atoms with Gasteiger partial charge in [-0.15, -0.1) is 11.3 Å². The van der Waals surface area contributed by atoms with Gasteiger partial charge in [0.1, 0.15) is 0 Å². The van der Waals surface area contributed by atoms with Crippen LogP contribution < -0.4 is 10.0 Å². The Balaban J connectivity index is 1.28. The van der Waals surface area contributed by atoms with Gasteiger partial charge in [0.05, 0.1) is 34.4 Å². The standard InChI is InChI=1S/C21H18F3N5O3S2/c22-21(23,24)16-10-25-9-15(27-16)12-1-3-13(4-2-12)26-18(30)20(7-8-20)17-11-33-19(28-17)29-34(31,32)14-5-6-14/h1-4,9-11,14H,5-8H2,(H,26,30)(H,28,29). The van der Waals surface area contributed by atoms with Crippen LogP contribution in [0.2, 0.25) is 0 Å². The first-order chi connectivity index (χ1) is 16.1. The number of thiazole rings is 1. The molecular weight excluding hydrogens is 491 g/mol. The summed E-state index contributed by atoms with van der Waals surface area (Å²) in [6, 6.07) is 6.24. The number of alkyl halides is 3. The summed E-state index contributed by atoms with van der Waals surface area (Å²) in [5, 5.41) is 4.37. The van der Waals surface area contributed by atoms with Crippen molar-refractivity contribution in [3.8, 4) is 11.3 Å². The van der Waals surface area contributed by atoms with Crippen LogP contribution in [-0.2, 0) is 26.4 Å². The molecule has 2 aliphatic carbocycles. The zero-order chi connectivity index (χ0) is 24.1. The molecule has 2 aromatic heterocycles. The predicted octanol–water partition coefficient (Wildman–Crippen LogP) is 4.19. The molecule has 0 bridgehead atoms. The third-order valence-corrected chi connectivity index (χ3v) is 8.45. The van der Waals surface area contributed by atoms with E-state index in [1.807, 2.05) is 0 Å². The van der Waals surface area contributed by atoms with Gasteiger partial charge in [-0.3, -0.25) is 14.5 Å². The fourth-order valence-electron chi connectivity index (χ4n) is 3.47. The van der Waals surface area contributed by atoms with E-state index in [1.54, 1.807) is 29.6 Å². The van der Waals surface area contributed by atoms with Crippen molar-refractivity contribution in [1.82, 2.24) is 15.0 Å². The first kappa shape index (κ1) is 22.7. The van der Waals surface area contributed by atoms with Crippen molar-refractivity contribution in [1.29, 1.82) is 0 Å². The largest absolute Gasteiger partial charge is 0.434 e. The summed E-state index contributed by atoms with van der Waals surface area (Å²) in [7, 11) is -3.43. The van der Waals surface area contributed by atoms with E-state index in [2.05, 4.69) is 25.0 Å². The second kappa shape index (κ2) is 8.01. The second-order valence-corrected chi connectivity index (χ2v) is 11.1. The van der Waals surface area contributed by atoms with E-state index in [-0.39, 0.29) is 22.0 Å². The van der Waals surface area contributed by atoms with Gasteiger partial charge in [-0.1, -0.05) is 12.1 Å². The summed E-state index contributed by atoms with van der Waals surface area (Å²) in [6.45, 7) is 0. The number of aromatic nitrogens is 3. The molecule has 1 amide bonds. The molecule has 8 nitrogen and oxygen atoms in total. The number of sulfonamides is 1. The van der Waals surface area contributed by atoms with E-state index < -0.39 is 27.3 Å². The number of benzene rings is 1. The minimum Gasteiger partial charge on any atom is -0.325 e. The summed E-state index contributed by atoms with van der Waals surface area (Å²) in [5.41, 5.74) is -0.450. The highest BCUT2D eigenvalue weighted by molar-refractivity contribution is 7.93. The molecule has 2 N–H and O–H groups in total. The van der Waals surface area contributed by atoms with Gasteiger partial charge in [-0.25, -0.2) is 18.4 Å². The third kappa shape index (κ3) is 4.49. The zero-order valence-corrected chi connectivity index (χ0v) is 19.1. The third-order valence-electron chi connectivity index (χ3n) is 5.74. The molecule has 5 rings (SSSR count). The number of anilines is 2. The molecule has 3 aromatic rings. The average molecular weight is 510 g/mol. The van der Waals surface area contributed by atoms with Gasteiger partial charge in [0, 0.05) is 16.6 Å². The lowest BCUT2D eigenvalue weighted by Gasteiger charge is -2.14. The molecule has 34 heavy (non-hydrogen) atoms. The van der Waals surface area contributed by atoms with Gasteiger partial charge in [-0.05, 0) is 37.8 Å². The SMILES string of the molecule is O=C(Nc1ccc(-c2cncc(C(F)(F)F)n2)cc1)C1(c2csc(NS(=O)(=O)C3CC3)n2)CC1. The van der Waals surface area contributed by atoms with E-state index in [0.717, 1.165) is 11.3 Å². The predicted molar refractivity (Wildman–Crippen MR) is 120 cm³/mol. The molecule has 1 aromatic carbocycles. The van der Waals surface area contributed by atoms with Gasteiger partial charge >= 0.3 is 6.18 Å². The topological polar surface area (TPSA) is 114 Å². The number of rotatable bonds is 7. The molecule has 2 fully saturated rings. The van der Waals surface area contributed by atoms with Crippen LogP contribution in [0.4, 0.5) is 24.0 Å². The van der Waals surface area contributed by atoms with E-state index in [1.165, 1.54) is 6.20 Å². The molecule has 178 valence electrons. The zero-order valence-electron chi connectivity index (χ0n) is 17.5. The van der Waals surface area contributed by atoms with Gasteiger partial charge in [0.2, 0.25) is 15.9 Å². The summed E-state index contributed by atoms with van der Waals surface area (Å²) in [4.78, 5) is 24.5. The Kier molecular flexibility index (Phi) is 5.35. The number of carbonyl (C=O) groups is 1. The highest BCUT2D eigenvalue weighted by Crippen LogP contribution is 2.49. The molecule has 0 unspecified atom stereocenters. The maximum atomic E-state index is 13.0. The van der Waals surface area contributed by atoms with E-state index in [4.69, 9.17) is 0 Å². The number of carbonyl (C=O) groups excluding carboxylic acids is 1. The maximum absolute atomic E-state index is 13.0. The normalized spacial score (nSPS) is 17.3. The minimum absolute atomic E-state index is 0.0648. The highest BCUT2D eigenvalue weighted by atomic mass is 32.2. The second-order valence-electron chi connectivity index (χ2n) is 8.29. The van der Waals surface area contributed by atoms with Crippen LogP contribution in [0.3, 0.4) is 0 Å². The smallest absolute Gasteiger partial charge is 0.325 e. The number of amides is 1. The van der Waals surface area contributed by atoms with Crippen LogP contribution in [0.1, 0.15) is 37.1 Å². The van der Waals surface area contributed by atoms with Crippen molar-refractivity contribution in [3.05, 3.63) is 53.4 Å². The minimum atomic E-state index is -4.59. The van der Waals surface area contributed by atoms with Crippen LogP contribution in [0, 0.1) is 0 Å². The number of nitrogens with one attached hydrogen (secondary N) is 2. The van der Waals surface area contributed by atoms with Gasteiger partial charge < -0.3 is 5.32 Å². The number of hydrogen-bond donors (Lipinski definition) is 2. The van der Waals surface area contributed by atoms with Crippen molar-refractivity contribution in [2.75, 3.05) is 10.0 Å². The van der Waals surface area contributed by atoms with Crippen LogP contribution in [-0.4, -0.2) is 34.5 Å². The number of nitrogens with zero attached hydrogens (tertiary/aromatic N) is 3. The van der Waals surface area contributed by atoms with Crippen molar-refractivity contribution in [2.45, 2.75) is 42.5 Å². The molecule has 2 heterocycles. The Bertz CT molecular complexity index is 1350. The van der Waals surface area contributed by atoms with Crippen molar-refractivity contribution in [2.24, 2.45) is 0 Å². The molecular formula is C21H18F3N5O3S2. The van der Waals surface area contributed by atoms with Crippen molar-refractivity contribution in [3.63, 3.8) is 0 Å². The van der Waals surface area contributed by atoms with Gasteiger partial charge in [-0.2, -0.15) is 13.2 Å². The molecule has 2 saturated carbocycles. The molecule has 2 aliphatic rings. The molecule has 0 atom stereocenters. The fourth-order valence-corrected chi connectivity index (χ4v) is 5.87. The van der Waals surface area contributed by atoms with Gasteiger partial charge in [0.25, 0.3) is 0 Å². The lowest BCUT2D eigenvalue weighted by atomic mass is 10.0. The first-order valence-corrected chi connectivity index (χ1v) is 12.8. The quantitative estimate of drug-likeness (QED) is 0.494. The van der Waals surface area contributed by atoms with E-state index in [0.29, 0.717) is 48.8 Å². The van der Waals surface area contributed by atoms with Gasteiger partial charge in [0.15, 0.2) is 10.8 Å². The van der Waals surface area contributed by atoms with E-state index >= 15 is 0 Å². The number of halogens is 3. The number of hydrogen-bond acceptors (Lipinski definition) is 7. The van der Waals surface area contributed by atoms with Crippen LogP contribution >= 0.6 is 11.3 Å². The average Bonchev–Trinajstić information content (AvgIpc) is 3.72. The van der Waals surface area contributed by atoms with Crippen LogP contribution in [0.15, 0.2) is 42.0 Å². The molecule has 0 radical (unpaired) electrons. The van der Waals surface area contributed by atoms with Crippen molar-refractivity contribution < 1.29 is 26.4 Å². The Morgan fingerprint density at radius 3 is 2.41 bits per heavy atom. The Morgan fingerprint density at radius 1 is 1.09 bits per heavy atom. The summed E-state index contributed by atoms with van der Waals surface area (Å²) in [5.74, 6) is -0.277. The first-order valence-electron chi connectivity index (χ1n) is 10.4. The maximum Gasteiger partial charge on any atom is 0.434 e. The molecule has 0 saturated heterocycles. The monoisotopic (exact) mass is 509 g/mol. The van der Waals surface area contributed by atoms with Crippen LogP contribution in [0.5, 0.6) is 0 Å². The lowest BCUT2D eigenvalue weighted by molar-refractivity contribution is -0.141. The summed E-state index contributed by atoms with van der Waals surface area (Å²) < 4.78 is 65.4. The molecule has 0 spiro atoms. The van der Waals surface area contributed by atoms with Crippen LogP contribution in [0.25, 0.3) is 11.3 Å². The lowest BCUT2D eigenvalue weighted by Crippen LogP contribution is -2.28. The highest BCUT2D eigenvalue weighted by Gasteiger charge is 2.53. The van der Waals surface area contributed by atoms with E-state index in [9.17, 15) is 26.4 Å². The summed E-state index contributed by atoms with van der Waals surface area (Å²) in [6.07, 6.45) is -0.265. The Morgan fingerprint density at radius 2 is 1.79 bits per heavy atom. The molecule has 0 aliphatic heterocycles. The van der Waals surface area contributed by atoms with Crippen molar-refractivity contribution >= 4 is 38.1 Å². The molecule has 13 heteroatoms. The Hall–Kier alpha value is -3.06.